The third kappa shape index (κ3) is 6.07. The van der Waals surface area contributed by atoms with Crippen molar-refractivity contribution in [3.05, 3.63) is 126 Å². The summed E-state index contributed by atoms with van der Waals surface area (Å²) in [6.07, 6.45) is 7.25. The van der Waals surface area contributed by atoms with Gasteiger partial charge in [-0.25, -0.2) is 4.98 Å². The van der Waals surface area contributed by atoms with Crippen molar-refractivity contribution in [3.8, 4) is 11.4 Å². The number of halogens is 1. The largest absolute Gasteiger partial charge is 0.489 e. The summed E-state index contributed by atoms with van der Waals surface area (Å²) in [5.74, 6) is 1.63. The van der Waals surface area contributed by atoms with Crippen molar-refractivity contribution in [1.29, 1.82) is 0 Å². The first-order valence-corrected chi connectivity index (χ1v) is 15.5. The molecule has 3 aromatic carbocycles. The van der Waals surface area contributed by atoms with E-state index >= 15 is 0 Å². The van der Waals surface area contributed by atoms with E-state index < -0.39 is 4.92 Å². The molecule has 2 aromatic heterocycles. The normalized spacial score (nSPS) is 14.0. The number of aryl methyl sites for hydroxylation is 1. The summed E-state index contributed by atoms with van der Waals surface area (Å²) < 4.78 is 10.4. The second kappa shape index (κ2) is 12.6. The van der Waals surface area contributed by atoms with E-state index in [2.05, 4.69) is 26.6 Å². The molecule has 2 heterocycles. The molecule has 0 spiro atoms. The zero-order valence-corrected chi connectivity index (χ0v) is 26.2. The van der Waals surface area contributed by atoms with Gasteiger partial charge in [-0.1, -0.05) is 35.2 Å². The van der Waals surface area contributed by atoms with Gasteiger partial charge in [0.25, 0.3) is 11.2 Å². The quantitative estimate of drug-likeness (QED) is 0.0959. The summed E-state index contributed by atoms with van der Waals surface area (Å²) >= 11 is 3.49. The molecular formula is C34H32BrN5O4. The Labute approximate surface area is 263 Å². The number of nitro benzene ring substituents is 1. The Bertz CT molecular complexity index is 1920. The Morgan fingerprint density at radius 3 is 2.45 bits per heavy atom. The minimum atomic E-state index is -0.416. The Hall–Kier alpha value is -4.57. The maximum atomic E-state index is 13.7. The van der Waals surface area contributed by atoms with Crippen LogP contribution in [0.4, 0.5) is 5.69 Å². The monoisotopic (exact) mass is 653 g/mol. The predicted molar refractivity (Wildman–Crippen MR) is 175 cm³/mol. The lowest BCUT2D eigenvalue weighted by Crippen LogP contribution is -2.25. The van der Waals surface area contributed by atoms with Crippen LogP contribution in [0.15, 0.2) is 87.2 Å². The highest BCUT2D eigenvalue weighted by Gasteiger charge is 2.23. The van der Waals surface area contributed by atoms with Crippen molar-refractivity contribution >= 4 is 38.7 Å². The van der Waals surface area contributed by atoms with Crippen molar-refractivity contribution in [3.63, 3.8) is 0 Å². The van der Waals surface area contributed by atoms with Crippen LogP contribution in [0.3, 0.4) is 0 Å². The number of hydrogen-bond donors (Lipinski definition) is 0. The van der Waals surface area contributed by atoms with Gasteiger partial charge in [0, 0.05) is 45.2 Å². The third-order valence-corrected chi connectivity index (χ3v) is 8.73. The topological polar surface area (TPSA) is 105 Å². The molecule has 1 aliphatic carbocycles. The summed E-state index contributed by atoms with van der Waals surface area (Å²) in [7, 11) is 0. The van der Waals surface area contributed by atoms with Gasteiger partial charge >= 0.3 is 0 Å². The molecule has 9 nitrogen and oxygen atoms in total. The summed E-state index contributed by atoms with van der Waals surface area (Å²) in [6.45, 7) is 4.38. The molecule has 0 atom stereocenters. The number of nitro groups is 1. The van der Waals surface area contributed by atoms with Crippen LogP contribution in [0, 0.1) is 24.0 Å². The van der Waals surface area contributed by atoms with E-state index in [1.807, 2.05) is 56.3 Å². The Balaban J connectivity index is 1.26. The van der Waals surface area contributed by atoms with Crippen LogP contribution in [0.25, 0.3) is 16.6 Å². The van der Waals surface area contributed by atoms with Crippen LogP contribution in [0.5, 0.6) is 5.75 Å². The van der Waals surface area contributed by atoms with Gasteiger partial charge in [0.15, 0.2) is 0 Å². The van der Waals surface area contributed by atoms with E-state index in [1.165, 1.54) is 23.2 Å². The second-order valence-corrected chi connectivity index (χ2v) is 12.1. The number of aromatic nitrogens is 3. The highest BCUT2D eigenvalue weighted by atomic mass is 79.9. The number of fused-ring (bicyclic) bond motifs is 1. The Morgan fingerprint density at radius 1 is 1.02 bits per heavy atom. The number of benzene rings is 3. The molecule has 0 amide bonds. The SMILES string of the molecule is Cc1cc(C=Nn2c(C3CCCCC3)nc3ccc(Br)cc3c2=O)c(C)n1-c1ccc(OCc2ccc([N+](=O)[O-])cc2)cc1. The van der Waals surface area contributed by atoms with Crippen LogP contribution in [0.1, 0.15) is 66.4 Å². The van der Waals surface area contributed by atoms with E-state index in [4.69, 9.17) is 14.8 Å². The minimum Gasteiger partial charge on any atom is -0.489 e. The molecule has 10 heteroatoms. The molecule has 0 N–H and O–H groups in total. The molecule has 0 radical (unpaired) electrons. The lowest BCUT2D eigenvalue weighted by Gasteiger charge is -2.22. The highest BCUT2D eigenvalue weighted by Crippen LogP contribution is 2.32. The molecule has 5 aromatic rings. The van der Waals surface area contributed by atoms with Gasteiger partial charge in [0.1, 0.15) is 18.2 Å². The predicted octanol–water partition coefficient (Wildman–Crippen LogP) is 7.98. The lowest BCUT2D eigenvalue weighted by atomic mass is 9.88. The van der Waals surface area contributed by atoms with E-state index in [9.17, 15) is 14.9 Å². The molecule has 0 bridgehead atoms. The van der Waals surface area contributed by atoms with Crippen molar-refractivity contribution < 1.29 is 9.66 Å². The van der Waals surface area contributed by atoms with Crippen LogP contribution >= 0.6 is 15.9 Å². The van der Waals surface area contributed by atoms with Crippen LogP contribution < -0.4 is 10.3 Å². The van der Waals surface area contributed by atoms with Crippen LogP contribution in [0.2, 0.25) is 0 Å². The zero-order valence-electron chi connectivity index (χ0n) is 24.6. The molecule has 1 aliphatic rings. The molecular weight excluding hydrogens is 622 g/mol. The van der Waals surface area contributed by atoms with Crippen molar-refractivity contribution in [2.75, 3.05) is 0 Å². The van der Waals surface area contributed by atoms with E-state index in [0.29, 0.717) is 23.3 Å². The molecule has 6 rings (SSSR count). The first-order chi connectivity index (χ1) is 21.3. The van der Waals surface area contributed by atoms with Crippen molar-refractivity contribution in [2.24, 2.45) is 5.10 Å². The molecule has 1 fully saturated rings. The maximum absolute atomic E-state index is 13.7. The fourth-order valence-electron chi connectivity index (χ4n) is 5.91. The minimum absolute atomic E-state index is 0.0545. The molecule has 44 heavy (non-hydrogen) atoms. The first-order valence-electron chi connectivity index (χ1n) is 14.7. The maximum Gasteiger partial charge on any atom is 0.282 e. The smallest absolute Gasteiger partial charge is 0.282 e. The summed E-state index contributed by atoms with van der Waals surface area (Å²) in [5.41, 5.74) is 5.35. The van der Waals surface area contributed by atoms with Gasteiger partial charge < -0.3 is 9.30 Å². The van der Waals surface area contributed by atoms with Gasteiger partial charge in [-0.05, 0) is 92.9 Å². The summed E-state index contributed by atoms with van der Waals surface area (Å²) in [5, 5.41) is 16.2. The average Bonchev–Trinajstić information content (AvgIpc) is 3.32. The molecule has 0 aliphatic heterocycles. The van der Waals surface area contributed by atoms with Crippen molar-refractivity contribution in [1.82, 2.24) is 14.2 Å². The number of nitrogens with zero attached hydrogens (tertiary/aromatic N) is 5. The molecule has 1 saturated carbocycles. The van der Waals surface area contributed by atoms with Gasteiger partial charge in [-0.3, -0.25) is 14.9 Å². The molecule has 0 unspecified atom stereocenters. The number of hydrogen-bond acceptors (Lipinski definition) is 6. The number of non-ortho nitro benzene ring substituents is 1. The zero-order chi connectivity index (χ0) is 30.8. The summed E-state index contributed by atoms with van der Waals surface area (Å²) in [4.78, 5) is 29.1. The van der Waals surface area contributed by atoms with Gasteiger partial charge in [0.05, 0.1) is 22.0 Å². The third-order valence-electron chi connectivity index (χ3n) is 8.23. The van der Waals surface area contributed by atoms with Crippen molar-refractivity contribution in [2.45, 2.75) is 58.5 Å². The highest BCUT2D eigenvalue weighted by molar-refractivity contribution is 9.10. The second-order valence-electron chi connectivity index (χ2n) is 11.2. The van der Waals surface area contributed by atoms with E-state index in [1.54, 1.807) is 18.3 Å². The average molecular weight is 655 g/mol. The fraction of sp³-hybridized carbons (Fsp3) is 0.265. The lowest BCUT2D eigenvalue weighted by molar-refractivity contribution is -0.384. The van der Waals surface area contributed by atoms with Crippen LogP contribution in [-0.4, -0.2) is 25.4 Å². The molecule has 224 valence electrons. The van der Waals surface area contributed by atoms with Gasteiger partial charge in [0.2, 0.25) is 0 Å². The van der Waals surface area contributed by atoms with E-state index in [0.717, 1.165) is 64.2 Å². The molecule has 0 saturated heterocycles. The van der Waals surface area contributed by atoms with E-state index in [-0.39, 0.29) is 17.2 Å². The first kappa shape index (κ1) is 29.5. The standard InChI is InChI=1S/C34H32BrN5O4/c1-22-18-26(20-36-39-33(25-6-4-3-5-7-25)37-32-17-10-27(35)19-31(32)34(39)41)23(2)38(22)28-13-15-30(16-14-28)44-21-24-8-11-29(12-9-24)40(42)43/h8-20,25H,3-7,21H2,1-2H3. The Kier molecular flexibility index (Phi) is 8.43. The number of rotatable bonds is 8. The van der Waals surface area contributed by atoms with Gasteiger partial charge in [-0.2, -0.15) is 9.78 Å². The summed E-state index contributed by atoms with van der Waals surface area (Å²) in [6, 6.07) is 21.8. The van der Waals surface area contributed by atoms with Crippen LogP contribution in [-0.2, 0) is 6.61 Å². The van der Waals surface area contributed by atoms with Gasteiger partial charge in [-0.15, -0.1) is 0 Å². The number of ether oxygens (including phenoxy) is 1. The Morgan fingerprint density at radius 2 is 1.75 bits per heavy atom. The fourth-order valence-corrected chi connectivity index (χ4v) is 6.27.